The van der Waals surface area contributed by atoms with E-state index >= 15 is 0 Å². The minimum Gasteiger partial charge on any atom is -0.339 e. The van der Waals surface area contributed by atoms with E-state index in [-0.39, 0.29) is 11.9 Å². The lowest BCUT2D eigenvalue weighted by Gasteiger charge is -2.22. The monoisotopic (exact) mass is 345 g/mol. The van der Waals surface area contributed by atoms with Crippen LogP contribution in [-0.2, 0) is 10.8 Å². The summed E-state index contributed by atoms with van der Waals surface area (Å²) in [7, 11) is -1.04. The number of hydrogen-bond acceptors (Lipinski definition) is 5. The highest BCUT2D eigenvalue weighted by atomic mass is 32.2. The standard InChI is InChI=1S/C17H19N3O3S/c1-24(22)13-8-6-12(7-9-13)17(21)20-10-2-3-14(20)15-18-16(23-19-15)11-4-5-11/h6-9,11,14H,2-5,10H2,1H3/t14-,24+/m0/s1. The van der Waals surface area contributed by atoms with Gasteiger partial charge >= 0.3 is 0 Å². The molecule has 0 spiro atoms. The number of nitrogens with zero attached hydrogens (tertiary/aromatic N) is 3. The second-order valence-electron chi connectivity index (χ2n) is 6.40. The van der Waals surface area contributed by atoms with Gasteiger partial charge in [-0.2, -0.15) is 4.98 Å². The molecule has 0 N–H and O–H groups in total. The molecule has 0 radical (unpaired) electrons. The molecule has 1 amide bonds. The Balaban J connectivity index is 1.54. The number of carbonyl (C=O) groups excluding carboxylic acids is 1. The lowest BCUT2D eigenvalue weighted by Crippen LogP contribution is -2.31. The first-order valence-electron chi connectivity index (χ1n) is 8.21. The van der Waals surface area contributed by atoms with Crippen molar-refractivity contribution in [1.82, 2.24) is 15.0 Å². The van der Waals surface area contributed by atoms with Gasteiger partial charge in [-0.3, -0.25) is 9.00 Å². The Morgan fingerprint density at radius 1 is 1.25 bits per heavy atom. The number of carbonyl (C=O) groups is 1. The van der Waals surface area contributed by atoms with Crippen molar-refractivity contribution in [3.8, 4) is 0 Å². The maximum Gasteiger partial charge on any atom is 0.254 e. The van der Waals surface area contributed by atoms with Gasteiger partial charge in [0.15, 0.2) is 5.82 Å². The molecule has 1 aromatic heterocycles. The molecule has 24 heavy (non-hydrogen) atoms. The molecule has 1 aliphatic heterocycles. The first kappa shape index (κ1) is 15.5. The van der Waals surface area contributed by atoms with Gasteiger partial charge in [-0.25, -0.2) is 0 Å². The van der Waals surface area contributed by atoms with Crippen LogP contribution in [-0.4, -0.2) is 38.0 Å². The summed E-state index contributed by atoms with van der Waals surface area (Å²) in [6, 6.07) is 6.84. The molecular formula is C17H19N3O3S. The lowest BCUT2D eigenvalue weighted by molar-refractivity contribution is 0.0728. The molecule has 6 nitrogen and oxygen atoms in total. The molecule has 1 saturated carbocycles. The Morgan fingerprint density at radius 2 is 2.00 bits per heavy atom. The predicted octanol–water partition coefficient (Wildman–Crippen LogP) is 2.66. The van der Waals surface area contributed by atoms with Crippen molar-refractivity contribution in [2.24, 2.45) is 0 Å². The first-order chi connectivity index (χ1) is 11.6. The topological polar surface area (TPSA) is 76.3 Å². The highest BCUT2D eigenvalue weighted by Crippen LogP contribution is 2.40. The molecule has 4 rings (SSSR count). The number of benzene rings is 1. The molecule has 1 aromatic carbocycles. The van der Waals surface area contributed by atoms with E-state index in [1.165, 1.54) is 0 Å². The molecule has 2 aliphatic rings. The van der Waals surface area contributed by atoms with Gasteiger partial charge in [0.1, 0.15) is 0 Å². The summed E-state index contributed by atoms with van der Waals surface area (Å²) in [5.74, 6) is 1.70. The van der Waals surface area contributed by atoms with Gasteiger partial charge in [0.05, 0.1) is 6.04 Å². The van der Waals surface area contributed by atoms with Gasteiger partial charge in [0.25, 0.3) is 5.91 Å². The third-order valence-electron chi connectivity index (χ3n) is 4.63. The van der Waals surface area contributed by atoms with E-state index in [1.54, 1.807) is 30.5 Å². The first-order valence-corrected chi connectivity index (χ1v) is 9.77. The van der Waals surface area contributed by atoms with Crippen molar-refractivity contribution >= 4 is 16.7 Å². The Labute approximate surface area is 142 Å². The fourth-order valence-electron chi connectivity index (χ4n) is 3.11. The SMILES string of the molecule is C[S@@](=O)c1ccc(C(=O)N2CCC[C@H]2c2noc(C3CC3)n2)cc1. The van der Waals surface area contributed by atoms with Crippen LogP contribution in [0, 0.1) is 0 Å². The zero-order valence-electron chi connectivity index (χ0n) is 13.5. The normalized spacial score (nSPS) is 21.9. The Kier molecular flexibility index (Phi) is 3.96. The van der Waals surface area contributed by atoms with Crippen molar-refractivity contribution < 1.29 is 13.5 Å². The van der Waals surface area contributed by atoms with Crippen molar-refractivity contribution in [3.05, 3.63) is 41.5 Å². The number of rotatable bonds is 4. The summed E-state index contributed by atoms with van der Waals surface area (Å²) in [5.41, 5.74) is 0.599. The predicted molar refractivity (Wildman–Crippen MR) is 88.1 cm³/mol. The van der Waals surface area contributed by atoms with Crippen LogP contribution in [0.3, 0.4) is 0 Å². The smallest absolute Gasteiger partial charge is 0.254 e. The van der Waals surface area contributed by atoms with Crippen LogP contribution in [0.4, 0.5) is 0 Å². The molecule has 0 bridgehead atoms. The van der Waals surface area contributed by atoms with Crippen LogP contribution in [0.5, 0.6) is 0 Å². The van der Waals surface area contributed by atoms with Gasteiger partial charge in [-0.05, 0) is 49.9 Å². The van der Waals surface area contributed by atoms with Crippen LogP contribution in [0.25, 0.3) is 0 Å². The number of amides is 1. The molecule has 1 saturated heterocycles. The van der Waals surface area contributed by atoms with Crippen LogP contribution < -0.4 is 0 Å². The average Bonchev–Trinajstić information content (AvgIpc) is 3.12. The number of aromatic nitrogens is 2. The molecule has 2 heterocycles. The molecule has 7 heteroatoms. The quantitative estimate of drug-likeness (QED) is 0.851. The largest absolute Gasteiger partial charge is 0.339 e. The van der Waals surface area contributed by atoms with Gasteiger partial charge < -0.3 is 9.42 Å². The molecule has 2 fully saturated rings. The molecule has 0 unspecified atom stereocenters. The highest BCUT2D eigenvalue weighted by Gasteiger charge is 2.36. The summed E-state index contributed by atoms with van der Waals surface area (Å²) < 4.78 is 16.8. The second-order valence-corrected chi connectivity index (χ2v) is 7.78. The van der Waals surface area contributed by atoms with Crippen molar-refractivity contribution in [2.45, 2.75) is 42.5 Å². The Bertz CT molecular complexity index is 783. The Hall–Kier alpha value is -2.02. The third-order valence-corrected chi connectivity index (χ3v) is 5.56. The van der Waals surface area contributed by atoms with Crippen LogP contribution in [0.1, 0.15) is 59.7 Å². The van der Waals surface area contributed by atoms with E-state index in [4.69, 9.17) is 4.52 Å². The summed E-state index contributed by atoms with van der Waals surface area (Å²) >= 11 is 0. The number of hydrogen-bond donors (Lipinski definition) is 0. The van der Waals surface area contributed by atoms with E-state index in [9.17, 15) is 9.00 Å². The van der Waals surface area contributed by atoms with Gasteiger partial charge in [0, 0.05) is 40.0 Å². The minimum absolute atomic E-state index is 0.0382. The summed E-state index contributed by atoms with van der Waals surface area (Å²) in [6.07, 6.45) is 5.63. The molecule has 126 valence electrons. The maximum absolute atomic E-state index is 12.8. The van der Waals surface area contributed by atoms with Crippen molar-refractivity contribution in [2.75, 3.05) is 12.8 Å². The van der Waals surface area contributed by atoms with E-state index in [2.05, 4.69) is 10.1 Å². The van der Waals surface area contributed by atoms with Crippen LogP contribution >= 0.6 is 0 Å². The van der Waals surface area contributed by atoms with Crippen LogP contribution in [0.15, 0.2) is 33.7 Å². The van der Waals surface area contributed by atoms with Crippen LogP contribution in [0.2, 0.25) is 0 Å². The van der Waals surface area contributed by atoms with E-state index in [0.717, 1.165) is 30.6 Å². The van der Waals surface area contributed by atoms with E-state index < -0.39 is 10.8 Å². The highest BCUT2D eigenvalue weighted by molar-refractivity contribution is 7.84. The second kappa shape index (κ2) is 6.12. The summed E-state index contributed by atoms with van der Waals surface area (Å²) in [4.78, 5) is 19.9. The maximum atomic E-state index is 12.8. The molecule has 1 aliphatic carbocycles. The molecule has 2 atom stereocenters. The zero-order valence-corrected chi connectivity index (χ0v) is 14.3. The number of likely N-dealkylation sites (tertiary alicyclic amines) is 1. The summed E-state index contributed by atoms with van der Waals surface area (Å²) in [5, 5.41) is 4.10. The zero-order chi connectivity index (χ0) is 16.7. The summed E-state index contributed by atoms with van der Waals surface area (Å²) in [6.45, 7) is 0.693. The molecule has 2 aromatic rings. The fraction of sp³-hybridized carbons (Fsp3) is 0.471. The molecular weight excluding hydrogens is 326 g/mol. The van der Waals surface area contributed by atoms with E-state index in [0.29, 0.717) is 29.7 Å². The average molecular weight is 345 g/mol. The van der Waals surface area contributed by atoms with Gasteiger partial charge in [-0.15, -0.1) is 0 Å². The minimum atomic E-state index is -1.04. The van der Waals surface area contributed by atoms with Gasteiger partial charge in [0.2, 0.25) is 5.89 Å². The third kappa shape index (κ3) is 2.88. The Morgan fingerprint density at radius 3 is 2.67 bits per heavy atom. The van der Waals surface area contributed by atoms with Gasteiger partial charge in [-0.1, -0.05) is 5.16 Å². The fourth-order valence-corrected chi connectivity index (χ4v) is 3.63. The lowest BCUT2D eigenvalue weighted by atomic mass is 10.1. The van der Waals surface area contributed by atoms with Crippen molar-refractivity contribution in [3.63, 3.8) is 0 Å². The van der Waals surface area contributed by atoms with Crippen molar-refractivity contribution in [1.29, 1.82) is 0 Å². The van der Waals surface area contributed by atoms with E-state index in [1.807, 2.05) is 4.90 Å².